The molecule has 3 N–H and O–H groups in total. The third-order valence-electron chi connectivity index (χ3n) is 2.95. The molecule has 0 fully saturated rings. The quantitative estimate of drug-likeness (QED) is 0.563. The predicted octanol–water partition coefficient (Wildman–Crippen LogP) is 2.69. The molecule has 2 atom stereocenters. The molecule has 0 aromatic heterocycles. The number of aliphatic hydroxyl groups excluding tert-OH is 1. The number of unbranched alkanes of at least 4 members (excludes halogenated alkanes) is 3. The highest BCUT2D eigenvalue weighted by Gasteiger charge is 2.01. The van der Waals surface area contributed by atoms with E-state index in [1.807, 2.05) is 0 Å². The second-order valence-electron chi connectivity index (χ2n) is 4.39. The maximum absolute atomic E-state index is 9.22. The van der Waals surface area contributed by atoms with Gasteiger partial charge in [-0.2, -0.15) is 0 Å². The summed E-state index contributed by atoms with van der Waals surface area (Å²) in [6.07, 6.45) is 8.27. The molecular weight excluding hydrogens is 174 g/mol. The summed E-state index contributed by atoms with van der Waals surface area (Å²) in [6, 6.07) is 0. The van der Waals surface area contributed by atoms with E-state index in [0.29, 0.717) is 6.54 Å². The molecular formula is C12H27NO. The highest BCUT2D eigenvalue weighted by atomic mass is 16.3. The van der Waals surface area contributed by atoms with Crippen molar-refractivity contribution in [2.45, 2.75) is 64.9 Å². The lowest BCUT2D eigenvalue weighted by Gasteiger charge is -2.08. The lowest BCUT2D eigenvalue weighted by Crippen LogP contribution is -2.19. The second kappa shape index (κ2) is 9.47. The molecule has 0 aliphatic carbocycles. The van der Waals surface area contributed by atoms with Gasteiger partial charge < -0.3 is 10.8 Å². The summed E-state index contributed by atoms with van der Waals surface area (Å²) < 4.78 is 0. The number of rotatable bonds is 9. The lowest BCUT2D eigenvalue weighted by molar-refractivity contribution is 0.168. The van der Waals surface area contributed by atoms with Gasteiger partial charge in [-0.05, 0) is 12.3 Å². The van der Waals surface area contributed by atoms with Crippen LogP contribution in [-0.2, 0) is 0 Å². The van der Waals surface area contributed by atoms with Gasteiger partial charge in [0.2, 0.25) is 0 Å². The zero-order valence-electron chi connectivity index (χ0n) is 9.84. The molecule has 0 aliphatic rings. The molecule has 2 nitrogen and oxygen atoms in total. The first-order valence-electron chi connectivity index (χ1n) is 6.08. The molecule has 0 bridgehead atoms. The van der Waals surface area contributed by atoms with Crippen LogP contribution in [0, 0.1) is 5.92 Å². The van der Waals surface area contributed by atoms with E-state index in [0.717, 1.165) is 18.8 Å². The average Bonchev–Trinajstić information content (AvgIpc) is 2.22. The highest BCUT2D eigenvalue weighted by molar-refractivity contribution is 4.56. The van der Waals surface area contributed by atoms with Gasteiger partial charge in [0, 0.05) is 6.54 Å². The first-order chi connectivity index (χ1) is 6.70. The van der Waals surface area contributed by atoms with E-state index >= 15 is 0 Å². The minimum Gasteiger partial charge on any atom is -0.392 e. The van der Waals surface area contributed by atoms with Crippen molar-refractivity contribution in [2.75, 3.05) is 6.54 Å². The van der Waals surface area contributed by atoms with E-state index < -0.39 is 0 Å². The normalized spacial score (nSPS) is 15.4. The molecule has 2 heteroatoms. The molecule has 86 valence electrons. The van der Waals surface area contributed by atoms with Crippen LogP contribution in [0.4, 0.5) is 0 Å². The topological polar surface area (TPSA) is 46.2 Å². The Morgan fingerprint density at radius 1 is 1.07 bits per heavy atom. The third-order valence-corrected chi connectivity index (χ3v) is 2.95. The zero-order chi connectivity index (χ0) is 10.8. The van der Waals surface area contributed by atoms with Gasteiger partial charge in [0.15, 0.2) is 0 Å². The fourth-order valence-electron chi connectivity index (χ4n) is 1.55. The van der Waals surface area contributed by atoms with E-state index in [1.54, 1.807) is 0 Å². The summed E-state index contributed by atoms with van der Waals surface area (Å²) in [6.45, 7) is 4.98. The minimum atomic E-state index is -0.274. The summed E-state index contributed by atoms with van der Waals surface area (Å²) >= 11 is 0. The van der Waals surface area contributed by atoms with Crippen LogP contribution < -0.4 is 5.73 Å². The summed E-state index contributed by atoms with van der Waals surface area (Å²) in [5, 5.41) is 9.22. The predicted molar refractivity (Wildman–Crippen MR) is 62.2 cm³/mol. The van der Waals surface area contributed by atoms with Gasteiger partial charge in [0.05, 0.1) is 6.10 Å². The van der Waals surface area contributed by atoms with E-state index in [2.05, 4.69) is 13.8 Å². The van der Waals surface area contributed by atoms with Crippen LogP contribution in [0.25, 0.3) is 0 Å². The van der Waals surface area contributed by atoms with E-state index in [4.69, 9.17) is 5.73 Å². The Bertz CT molecular complexity index is 103. The van der Waals surface area contributed by atoms with Crippen molar-refractivity contribution >= 4 is 0 Å². The van der Waals surface area contributed by atoms with E-state index in [1.165, 1.54) is 32.1 Å². The minimum absolute atomic E-state index is 0.274. The van der Waals surface area contributed by atoms with E-state index in [9.17, 15) is 5.11 Å². The van der Waals surface area contributed by atoms with Crippen molar-refractivity contribution in [1.82, 2.24) is 0 Å². The molecule has 0 aliphatic heterocycles. The molecule has 0 aromatic rings. The molecule has 0 saturated heterocycles. The molecule has 0 saturated carbocycles. The molecule has 0 unspecified atom stereocenters. The summed E-state index contributed by atoms with van der Waals surface area (Å²) in [5.74, 6) is 0.879. The Morgan fingerprint density at radius 2 is 1.64 bits per heavy atom. The van der Waals surface area contributed by atoms with Gasteiger partial charge in [-0.3, -0.25) is 0 Å². The van der Waals surface area contributed by atoms with Crippen molar-refractivity contribution in [2.24, 2.45) is 11.7 Å². The highest BCUT2D eigenvalue weighted by Crippen LogP contribution is 2.13. The Labute approximate surface area is 88.9 Å². The molecule has 0 radical (unpaired) electrons. The van der Waals surface area contributed by atoms with Crippen LogP contribution in [0.15, 0.2) is 0 Å². The van der Waals surface area contributed by atoms with Crippen molar-refractivity contribution in [1.29, 1.82) is 0 Å². The zero-order valence-corrected chi connectivity index (χ0v) is 9.84. The van der Waals surface area contributed by atoms with Crippen molar-refractivity contribution in [3.05, 3.63) is 0 Å². The monoisotopic (exact) mass is 201 g/mol. The molecule has 0 aromatic carbocycles. The van der Waals surface area contributed by atoms with Gasteiger partial charge in [0.1, 0.15) is 0 Å². The van der Waals surface area contributed by atoms with Gasteiger partial charge in [-0.25, -0.2) is 0 Å². The molecule has 0 spiro atoms. The van der Waals surface area contributed by atoms with Crippen LogP contribution in [0.5, 0.6) is 0 Å². The van der Waals surface area contributed by atoms with Crippen LogP contribution in [0.1, 0.15) is 58.8 Å². The molecule has 0 rings (SSSR count). The molecule has 14 heavy (non-hydrogen) atoms. The standard InChI is InChI=1S/C12H27NO/c1-3-11(2)8-6-4-5-7-9-12(14)10-13/h11-12,14H,3-10,13H2,1-2H3/t11-,12+/m0/s1. The lowest BCUT2D eigenvalue weighted by atomic mass is 10.00. The summed E-state index contributed by atoms with van der Waals surface area (Å²) in [5.41, 5.74) is 5.32. The summed E-state index contributed by atoms with van der Waals surface area (Å²) in [7, 11) is 0. The molecule has 0 amide bonds. The van der Waals surface area contributed by atoms with Gasteiger partial charge >= 0.3 is 0 Å². The Balaban J connectivity index is 3.06. The SMILES string of the molecule is CC[C@H](C)CCCCCC[C@@H](O)CN. The van der Waals surface area contributed by atoms with Crippen LogP contribution in [-0.4, -0.2) is 17.8 Å². The third kappa shape index (κ3) is 8.52. The first kappa shape index (κ1) is 13.9. The smallest absolute Gasteiger partial charge is 0.0662 e. The van der Waals surface area contributed by atoms with Gasteiger partial charge in [-0.1, -0.05) is 52.4 Å². The molecule has 0 heterocycles. The van der Waals surface area contributed by atoms with Gasteiger partial charge in [-0.15, -0.1) is 0 Å². The first-order valence-corrected chi connectivity index (χ1v) is 6.08. The number of aliphatic hydroxyl groups is 1. The van der Waals surface area contributed by atoms with Crippen molar-refractivity contribution in [3.63, 3.8) is 0 Å². The number of nitrogens with two attached hydrogens (primary N) is 1. The Kier molecular flexibility index (Phi) is 9.42. The maximum atomic E-state index is 9.22. The number of hydrogen-bond donors (Lipinski definition) is 2. The summed E-state index contributed by atoms with van der Waals surface area (Å²) in [4.78, 5) is 0. The average molecular weight is 201 g/mol. The second-order valence-corrected chi connectivity index (χ2v) is 4.39. The fourth-order valence-corrected chi connectivity index (χ4v) is 1.55. The van der Waals surface area contributed by atoms with Crippen molar-refractivity contribution < 1.29 is 5.11 Å². The Hall–Kier alpha value is -0.0800. The van der Waals surface area contributed by atoms with Crippen LogP contribution in [0.3, 0.4) is 0 Å². The van der Waals surface area contributed by atoms with E-state index in [-0.39, 0.29) is 6.10 Å². The van der Waals surface area contributed by atoms with Gasteiger partial charge in [0.25, 0.3) is 0 Å². The van der Waals surface area contributed by atoms with Crippen LogP contribution in [0.2, 0.25) is 0 Å². The maximum Gasteiger partial charge on any atom is 0.0662 e. The van der Waals surface area contributed by atoms with Crippen molar-refractivity contribution in [3.8, 4) is 0 Å². The Morgan fingerprint density at radius 3 is 2.14 bits per heavy atom. The largest absolute Gasteiger partial charge is 0.392 e. The van der Waals surface area contributed by atoms with Crippen LogP contribution >= 0.6 is 0 Å². The fraction of sp³-hybridized carbons (Fsp3) is 1.00. The number of hydrogen-bond acceptors (Lipinski definition) is 2.